The van der Waals surface area contributed by atoms with E-state index in [1.807, 2.05) is 26.1 Å². The highest BCUT2D eigenvalue weighted by Gasteiger charge is 2.52. The van der Waals surface area contributed by atoms with E-state index in [1.165, 1.54) is 0 Å². The number of rotatable bonds is 5. The molecule has 1 aliphatic heterocycles. The first-order chi connectivity index (χ1) is 10.7. The maximum atomic E-state index is 6.17. The molecule has 0 bridgehead atoms. The van der Waals surface area contributed by atoms with E-state index in [0.717, 1.165) is 22.3 Å². The highest BCUT2D eigenvalue weighted by atomic mass is 16.7. The lowest BCUT2D eigenvalue weighted by molar-refractivity contribution is 0.00578. The topological polar surface area (TPSA) is 39.7 Å². The van der Waals surface area contributed by atoms with Crippen molar-refractivity contribution in [3.05, 3.63) is 34.8 Å². The van der Waals surface area contributed by atoms with Gasteiger partial charge in [0.05, 0.1) is 18.3 Å². The van der Waals surface area contributed by atoms with Crippen LogP contribution in [0.3, 0.4) is 0 Å². The van der Waals surface area contributed by atoms with Crippen molar-refractivity contribution in [2.45, 2.75) is 45.8 Å². The van der Waals surface area contributed by atoms with Gasteiger partial charge in [0.2, 0.25) is 0 Å². The smallest absolute Gasteiger partial charge is 0.491 e. The third-order valence-corrected chi connectivity index (χ3v) is 4.71. The minimum Gasteiger partial charge on any atom is -0.496 e. The molecular formula is C18H28BNO3. The molecule has 4 nitrogen and oxygen atoms in total. The molecule has 1 fully saturated rings. The molecule has 1 aromatic carbocycles. The number of methoxy groups -OCH3 is 1. The molecule has 0 aromatic heterocycles. The van der Waals surface area contributed by atoms with E-state index in [1.54, 1.807) is 7.11 Å². The van der Waals surface area contributed by atoms with E-state index in [-0.39, 0.29) is 18.3 Å². The normalized spacial score (nSPS) is 20.0. The van der Waals surface area contributed by atoms with Crippen LogP contribution in [0.25, 0.3) is 6.08 Å². The summed E-state index contributed by atoms with van der Waals surface area (Å²) >= 11 is 0. The van der Waals surface area contributed by atoms with Crippen LogP contribution in [-0.4, -0.2) is 39.0 Å². The van der Waals surface area contributed by atoms with Crippen LogP contribution in [0, 0.1) is 6.92 Å². The number of likely N-dealkylation sites (N-methyl/N-ethyl adjacent to an activating group) is 1. The SMILES string of the molecule is CNCC(=Cc1ccc(OC)c(C)c1)B1OC(C)(C)C(C)(C)O1. The van der Waals surface area contributed by atoms with E-state index in [0.29, 0.717) is 6.54 Å². The van der Waals surface area contributed by atoms with Crippen molar-refractivity contribution >= 4 is 13.2 Å². The summed E-state index contributed by atoms with van der Waals surface area (Å²) in [6, 6.07) is 6.15. The van der Waals surface area contributed by atoms with Crippen LogP contribution in [-0.2, 0) is 9.31 Å². The lowest BCUT2D eigenvalue weighted by atomic mass is 9.77. The molecule has 5 heteroatoms. The molecule has 0 atom stereocenters. The van der Waals surface area contributed by atoms with Crippen LogP contribution in [0.15, 0.2) is 23.7 Å². The molecule has 0 spiro atoms. The van der Waals surface area contributed by atoms with Crippen molar-refractivity contribution in [2.24, 2.45) is 0 Å². The average Bonchev–Trinajstić information content (AvgIpc) is 2.67. The van der Waals surface area contributed by atoms with Gasteiger partial charge >= 0.3 is 7.12 Å². The second-order valence-corrected chi connectivity index (χ2v) is 7.07. The fourth-order valence-corrected chi connectivity index (χ4v) is 2.61. The summed E-state index contributed by atoms with van der Waals surface area (Å²) in [5, 5.41) is 3.20. The fourth-order valence-electron chi connectivity index (χ4n) is 2.61. The van der Waals surface area contributed by atoms with Gasteiger partial charge in [-0.1, -0.05) is 12.1 Å². The second-order valence-electron chi connectivity index (χ2n) is 7.07. The quantitative estimate of drug-likeness (QED) is 0.847. The summed E-state index contributed by atoms with van der Waals surface area (Å²) in [5.41, 5.74) is 2.64. The van der Waals surface area contributed by atoms with Crippen molar-refractivity contribution in [1.82, 2.24) is 5.32 Å². The van der Waals surface area contributed by atoms with Gasteiger partial charge < -0.3 is 19.4 Å². The number of ether oxygens (including phenoxy) is 1. The first-order valence-corrected chi connectivity index (χ1v) is 8.05. The Morgan fingerprint density at radius 2 is 1.83 bits per heavy atom. The molecule has 2 rings (SSSR count). The zero-order valence-corrected chi connectivity index (χ0v) is 15.3. The molecule has 0 saturated carbocycles. The molecule has 126 valence electrons. The third-order valence-electron chi connectivity index (χ3n) is 4.71. The summed E-state index contributed by atoms with van der Waals surface area (Å²) in [5.74, 6) is 0.896. The summed E-state index contributed by atoms with van der Waals surface area (Å²) in [4.78, 5) is 0. The molecule has 0 radical (unpaired) electrons. The van der Waals surface area contributed by atoms with Gasteiger partial charge in [0.15, 0.2) is 0 Å². The highest BCUT2D eigenvalue weighted by molar-refractivity contribution is 6.55. The lowest BCUT2D eigenvalue weighted by Crippen LogP contribution is -2.41. The van der Waals surface area contributed by atoms with Crippen molar-refractivity contribution in [3.8, 4) is 5.75 Å². The zero-order valence-electron chi connectivity index (χ0n) is 15.3. The molecule has 0 unspecified atom stereocenters. The first-order valence-electron chi connectivity index (χ1n) is 8.05. The standard InChI is InChI=1S/C18H28BNO3/c1-13-10-14(8-9-16(13)21-7)11-15(12-20-6)19-22-17(2,3)18(4,5)23-19/h8-11,20H,12H2,1-7H3. The predicted molar refractivity (Wildman–Crippen MR) is 95.7 cm³/mol. The highest BCUT2D eigenvalue weighted by Crippen LogP contribution is 2.38. The van der Waals surface area contributed by atoms with Crippen LogP contribution >= 0.6 is 0 Å². The average molecular weight is 317 g/mol. The Morgan fingerprint density at radius 1 is 1.22 bits per heavy atom. The largest absolute Gasteiger partial charge is 0.496 e. The van der Waals surface area contributed by atoms with Crippen LogP contribution in [0.5, 0.6) is 5.75 Å². The zero-order chi connectivity index (χ0) is 17.3. The van der Waals surface area contributed by atoms with Gasteiger partial charge in [-0.15, -0.1) is 0 Å². The van der Waals surface area contributed by atoms with Gasteiger partial charge in [0.1, 0.15) is 5.75 Å². The Hall–Kier alpha value is -1.30. The van der Waals surface area contributed by atoms with Crippen molar-refractivity contribution in [3.63, 3.8) is 0 Å². The van der Waals surface area contributed by atoms with Crippen LogP contribution in [0.4, 0.5) is 0 Å². The van der Waals surface area contributed by atoms with E-state index < -0.39 is 0 Å². The molecule has 1 aromatic rings. The Labute approximate surface area is 140 Å². The molecule has 0 amide bonds. The number of hydrogen-bond acceptors (Lipinski definition) is 4. The summed E-state index contributed by atoms with van der Waals surface area (Å²) < 4.78 is 17.7. The third kappa shape index (κ3) is 3.79. The summed E-state index contributed by atoms with van der Waals surface area (Å²) in [7, 11) is 3.28. The van der Waals surface area contributed by atoms with Gasteiger partial charge in [-0.05, 0) is 70.4 Å². The van der Waals surface area contributed by atoms with Gasteiger partial charge in [-0.25, -0.2) is 0 Å². The lowest BCUT2D eigenvalue weighted by Gasteiger charge is -2.32. The minimum absolute atomic E-state index is 0.333. The van der Waals surface area contributed by atoms with Crippen LogP contribution in [0.1, 0.15) is 38.8 Å². The monoisotopic (exact) mass is 317 g/mol. The van der Waals surface area contributed by atoms with Gasteiger partial charge in [-0.2, -0.15) is 0 Å². The number of hydrogen-bond donors (Lipinski definition) is 1. The first kappa shape index (κ1) is 18.0. The Morgan fingerprint density at radius 3 is 2.30 bits per heavy atom. The molecule has 1 saturated heterocycles. The maximum Gasteiger partial charge on any atom is 0.491 e. The van der Waals surface area contributed by atoms with Gasteiger partial charge in [0, 0.05) is 6.54 Å². The number of benzene rings is 1. The van der Waals surface area contributed by atoms with E-state index >= 15 is 0 Å². The van der Waals surface area contributed by atoms with E-state index in [9.17, 15) is 0 Å². The van der Waals surface area contributed by atoms with E-state index in [4.69, 9.17) is 14.0 Å². The van der Waals surface area contributed by atoms with Gasteiger partial charge in [-0.3, -0.25) is 0 Å². The van der Waals surface area contributed by atoms with Crippen molar-refractivity contribution in [1.29, 1.82) is 0 Å². The molecular weight excluding hydrogens is 289 g/mol. The Balaban J connectivity index is 2.30. The number of aryl methyl sites for hydroxylation is 1. The van der Waals surface area contributed by atoms with Crippen LogP contribution in [0.2, 0.25) is 0 Å². The van der Waals surface area contributed by atoms with Crippen molar-refractivity contribution < 1.29 is 14.0 Å². The molecule has 0 aliphatic carbocycles. The molecule has 1 heterocycles. The maximum absolute atomic E-state index is 6.17. The number of nitrogens with one attached hydrogen (secondary N) is 1. The Bertz CT molecular complexity index is 580. The van der Waals surface area contributed by atoms with E-state index in [2.05, 4.69) is 45.2 Å². The minimum atomic E-state index is -0.338. The molecule has 1 N–H and O–H groups in total. The summed E-state index contributed by atoms with van der Waals surface area (Å²) in [6.07, 6.45) is 2.13. The van der Waals surface area contributed by atoms with Crippen LogP contribution < -0.4 is 10.1 Å². The predicted octanol–water partition coefficient (Wildman–Crippen LogP) is 3.24. The van der Waals surface area contributed by atoms with Crippen molar-refractivity contribution in [2.75, 3.05) is 20.7 Å². The Kier molecular flexibility index (Phi) is 5.24. The summed E-state index contributed by atoms with van der Waals surface area (Å²) in [6.45, 7) is 11.0. The fraction of sp³-hybridized carbons (Fsp3) is 0.556. The molecule has 1 aliphatic rings. The van der Waals surface area contributed by atoms with Gasteiger partial charge in [0.25, 0.3) is 0 Å². The molecule has 23 heavy (non-hydrogen) atoms. The second kappa shape index (κ2) is 6.67.